The molecule has 2 unspecified atom stereocenters. The van der Waals surface area contributed by atoms with E-state index in [2.05, 4.69) is 20.8 Å². The van der Waals surface area contributed by atoms with E-state index in [9.17, 15) is 14.7 Å². The Kier molecular flexibility index (Phi) is 6.07. The normalized spacial score (nSPS) is 43.9. The standard InChI is InChI=1S/C27H42O4/c1-16(6-5-7-17(2)25(30)31)21-10-11-22-20-9-8-18-14-19(28)15-24(29)27(18,4)23(20)12-13-26(21,22)3/h15-18,20-23,29H,5-14H2,1-4H3,(H,30,31)/t16-,17?,18?,20+,21-,22+,23+,26-,27+/m1/s1. The fourth-order valence-corrected chi connectivity index (χ4v) is 8.80. The maximum atomic E-state index is 12.1. The Labute approximate surface area is 187 Å². The molecule has 4 nitrogen and oxygen atoms in total. The molecule has 3 saturated carbocycles. The summed E-state index contributed by atoms with van der Waals surface area (Å²) >= 11 is 0. The number of carbonyl (C=O) groups is 2. The van der Waals surface area contributed by atoms with Crippen molar-refractivity contribution in [3.63, 3.8) is 0 Å². The van der Waals surface area contributed by atoms with E-state index in [0.29, 0.717) is 41.3 Å². The summed E-state index contributed by atoms with van der Waals surface area (Å²) in [6, 6.07) is 0. The van der Waals surface area contributed by atoms with Gasteiger partial charge in [-0.25, -0.2) is 0 Å². The topological polar surface area (TPSA) is 74.6 Å². The highest BCUT2D eigenvalue weighted by Gasteiger charge is 2.61. The molecule has 0 saturated heterocycles. The van der Waals surface area contributed by atoms with Crippen molar-refractivity contribution in [2.75, 3.05) is 0 Å². The van der Waals surface area contributed by atoms with E-state index in [0.717, 1.165) is 43.9 Å². The highest BCUT2D eigenvalue weighted by Crippen LogP contribution is 2.68. The molecule has 2 N–H and O–H groups in total. The SMILES string of the molecule is CC(CCC[C@@H](C)[C@H]1CC[C@H]2[C@@H]3CCC4CC(=O)C=C(O)[C@]4(C)[C@H]3CC[C@]12C)C(=O)O. The molecule has 0 spiro atoms. The highest BCUT2D eigenvalue weighted by atomic mass is 16.4. The zero-order valence-electron chi connectivity index (χ0n) is 19.9. The second-order valence-corrected chi connectivity index (χ2v) is 12.0. The second-order valence-electron chi connectivity index (χ2n) is 12.0. The molecule has 0 radical (unpaired) electrons. The fraction of sp³-hybridized carbons (Fsp3) is 0.852. The van der Waals surface area contributed by atoms with E-state index in [1.54, 1.807) is 0 Å². The van der Waals surface area contributed by atoms with E-state index in [1.165, 1.54) is 31.8 Å². The summed E-state index contributed by atoms with van der Waals surface area (Å²) in [5.41, 5.74) is 0.154. The second kappa shape index (κ2) is 8.23. The lowest BCUT2D eigenvalue weighted by atomic mass is 9.45. The molecule has 3 fully saturated rings. The number of hydrogen-bond donors (Lipinski definition) is 2. The average Bonchev–Trinajstić information content (AvgIpc) is 3.06. The van der Waals surface area contributed by atoms with Gasteiger partial charge in [0.25, 0.3) is 0 Å². The third-order valence-electron chi connectivity index (χ3n) is 10.7. The Hall–Kier alpha value is -1.32. The van der Waals surface area contributed by atoms with Crippen molar-refractivity contribution < 1.29 is 19.8 Å². The van der Waals surface area contributed by atoms with E-state index in [4.69, 9.17) is 5.11 Å². The van der Waals surface area contributed by atoms with Crippen molar-refractivity contribution in [3.05, 3.63) is 11.8 Å². The Morgan fingerprint density at radius 3 is 2.55 bits per heavy atom. The van der Waals surface area contributed by atoms with E-state index in [-0.39, 0.29) is 17.1 Å². The first-order chi connectivity index (χ1) is 14.6. The maximum absolute atomic E-state index is 12.1. The van der Waals surface area contributed by atoms with Crippen molar-refractivity contribution in [1.82, 2.24) is 0 Å². The Morgan fingerprint density at radius 1 is 1.10 bits per heavy atom. The van der Waals surface area contributed by atoms with Crippen LogP contribution in [0.25, 0.3) is 0 Å². The molecule has 4 heteroatoms. The van der Waals surface area contributed by atoms with Gasteiger partial charge in [0, 0.05) is 17.9 Å². The predicted molar refractivity (Wildman–Crippen MR) is 122 cm³/mol. The van der Waals surface area contributed by atoms with Crippen molar-refractivity contribution in [2.45, 2.75) is 91.9 Å². The molecule has 0 aromatic carbocycles. The molecule has 174 valence electrons. The Balaban J connectivity index is 1.47. The molecule has 4 aliphatic rings. The van der Waals surface area contributed by atoms with Crippen LogP contribution in [0, 0.1) is 52.3 Å². The molecule has 4 aliphatic carbocycles. The van der Waals surface area contributed by atoms with Crippen molar-refractivity contribution in [1.29, 1.82) is 0 Å². The average molecular weight is 431 g/mol. The van der Waals surface area contributed by atoms with Crippen LogP contribution >= 0.6 is 0 Å². The molecule has 9 atom stereocenters. The highest BCUT2D eigenvalue weighted by molar-refractivity contribution is 5.91. The molecule has 31 heavy (non-hydrogen) atoms. The molecule has 0 aromatic rings. The van der Waals surface area contributed by atoms with Gasteiger partial charge < -0.3 is 10.2 Å². The molecule has 0 bridgehead atoms. The number of ketones is 1. The molecule has 0 aromatic heterocycles. The number of hydrogen-bond acceptors (Lipinski definition) is 3. The van der Waals surface area contributed by atoms with Gasteiger partial charge in [-0.3, -0.25) is 9.59 Å². The largest absolute Gasteiger partial charge is 0.512 e. The van der Waals surface area contributed by atoms with Gasteiger partial charge in [-0.15, -0.1) is 0 Å². The van der Waals surface area contributed by atoms with Gasteiger partial charge in [0.2, 0.25) is 0 Å². The van der Waals surface area contributed by atoms with Crippen LogP contribution < -0.4 is 0 Å². The van der Waals surface area contributed by atoms with Gasteiger partial charge >= 0.3 is 5.97 Å². The predicted octanol–water partition coefficient (Wildman–Crippen LogP) is 6.40. The van der Waals surface area contributed by atoms with Crippen molar-refractivity contribution in [2.24, 2.45) is 52.3 Å². The number of carbonyl (C=O) groups excluding carboxylic acids is 1. The van der Waals surface area contributed by atoms with Crippen LogP contribution in [-0.4, -0.2) is 22.0 Å². The van der Waals surface area contributed by atoms with Gasteiger partial charge in [-0.1, -0.05) is 40.5 Å². The maximum Gasteiger partial charge on any atom is 0.306 e. The number of aliphatic hydroxyl groups excluding tert-OH is 1. The fourth-order valence-electron chi connectivity index (χ4n) is 8.80. The third kappa shape index (κ3) is 3.66. The number of fused-ring (bicyclic) bond motifs is 5. The quantitative estimate of drug-likeness (QED) is 0.511. The minimum atomic E-state index is -0.676. The number of rotatable bonds is 6. The molecular weight excluding hydrogens is 388 g/mol. The first-order valence-corrected chi connectivity index (χ1v) is 12.8. The lowest BCUT2D eigenvalue weighted by Crippen LogP contribution is -2.54. The van der Waals surface area contributed by atoms with Crippen molar-refractivity contribution >= 4 is 11.8 Å². The lowest BCUT2D eigenvalue weighted by Gasteiger charge is -2.59. The smallest absolute Gasteiger partial charge is 0.306 e. The minimum absolute atomic E-state index is 0.103. The summed E-state index contributed by atoms with van der Waals surface area (Å²) in [6.45, 7) is 9.00. The van der Waals surface area contributed by atoms with Crippen LogP contribution in [0.4, 0.5) is 0 Å². The molecule has 4 rings (SSSR count). The van der Waals surface area contributed by atoms with Crippen LogP contribution in [-0.2, 0) is 9.59 Å². The number of aliphatic carboxylic acids is 1. The van der Waals surface area contributed by atoms with E-state index >= 15 is 0 Å². The van der Waals surface area contributed by atoms with Crippen LogP contribution in [0.1, 0.15) is 91.9 Å². The molecule has 0 amide bonds. The number of allylic oxidation sites excluding steroid dienone is 2. The molecular formula is C27H42O4. The molecule has 0 aliphatic heterocycles. The zero-order chi connectivity index (χ0) is 22.6. The summed E-state index contributed by atoms with van der Waals surface area (Å²) in [6.07, 6.45) is 12.3. The van der Waals surface area contributed by atoms with Crippen LogP contribution in [0.15, 0.2) is 11.8 Å². The lowest BCUT2D eigenvalue weighted by molar-refractivity contribution is -0.141. The van der Waals surface area contributed by atoms with Gasteiger partial charge in [-0.2, -0.15) is 0 Å². The Morgan fingerprint density at radius 2 is 1.84 bits per heavy atom. The van der Waals surface area contributed by atoms with E-state index < -0.39 is 5.97 Å². The van der Waals surface area contributed by atoms with Crippen molar-refractivity contribution in [3.8, 4) is 0 Å². The van der Waals surface area contributed by atoms with Crippen LogP contribution in [0.5, 0.6) is 0 Å². The van der Waals surface area contributed by atoms with Crippen LogP contribution in [0.3, 0.4) is 0 Å². The van der Waals surface area contributed by atoms with Gasteiger partial charge in [-0.05, 0) is 85.9 Å². The Bertz CT molecular complexity index is 756. The number of carboxylic acid groups (broad SMARTS) is 1. The summed E-state index contributed by atoms with van der Waals surface area (Å²) in [7, 11) is 0. The number of aliphatic hydroxyl groups is 1. The van der Waals surface area contributed by atoms with Gasteiger partial charge in [0.1, 0.15) is 5.76 Å². The first-order valence-electron chi connectivity index (χ1n) is 12.8. The minimum Gasteiger partial charge on any atom is -0.512 e. The summed E-state index contributed by atoms with van der Waals surface area (Å²) < 4.78 is 0. The summed E-state index contributed by atoms with van der Waals surface area (Å²) in [5.74, 6) is 3.10. The molecule has 0 heterocycles. The third-order valence-corrected chi connectivity index (χ3v) is 10.7. The number of carboxylic acids is 1. The van der Waals surface area contributed by atoms with E-state index in [1.807, 2.05) is 6.92 Å². The monoisotopic (exact) mass is 430 g/mol. The summed E-state index contributed by atoms with van der Waals surface area (Å²) in [4.78, 5) is 23.2. The summed E-state index contributed by atoms with van der Waals surface area (Å²) in [5, 5.41) is 20.1. The van der Waals surface area contributed by atoms with Crippen LogP contribution in [0.2, 0.25) is 0 Å². The first kappa shape index (κ1) is 22.9. The van der Waals surface area contributed by atoms with Gasteiger partial charge in [0.15, 0.2) is 5.78 Å². The zero-order valence-corrected chi connectivity index (χ0v) is 19.9. The van der Waals surface area contributed by atoms with Gasteiger partial charge in [0.05, 0.1) is 5.92 Å².